The Morgan fingerprint density at radius 1 is 1.14 bits per heavy atom. The molecular weight excluding hydrogens is 372 g/mol. The Kier molecular flexibility index (Phi) is 5.48. The van der Waals surface area contributed by atoms with Crippen LogP contribution in [0.1, 0.15) is 11.1 Å². The number of benzene rings is 2. The molecule has 2 aromatic carbocycles. The zero-order valence-electron chi connectivity index (χ0n) is 11.7. The summed E-state index contributed by atoms with van der Waals surface area (Å²) in [4.78, 5) is 1.27. The standard InChI is InChI=1S/C15H15BrO3S2/c1-11-3-6-13(7-4-11)21(17,18)19-10-12-5-8-15(20-2)14(16)9-12/h3-9H,10H2,1-2H3. The molecule has 0 aliphatic heterocycles. The first-order valence-corrected chi connectivity index (χ1v) is 9.63. The molecule has 0 N–H and O–H groups in total. The highest BCUT2D eigenvalue weighted by molar-refractivity contribution is 9.10. The van der Waals surface area contributed by atoms with Crippen molar-refractivity contribution in [1.29, 1.82) is 0 Å². The van der Waals surface area contributed by atoms with Crippen LogP contribution in [0, 0.1) is 6.92 Å². The van der Waals surface area contributed by atoms with Crippen LogP contribution in [0.25, 0.3) is 0 Å². The van der Waals surface area contributed by atoms with Gasteiger partial charge in [-0.1, -0.05) is 23.8 Å². The molecule has 6 heteroatoms. The van der Waals surface area contributed by atoms with Crippen LogP contribution in [-0.4, -0.2) is 14.7 Å². The van der Waals surface area contributed by atoms with E-state index in [0.29, 0.717) is 0 Å². The minimum Gasteiger partial charge on any atom is -0.262 e. The van der Waals surface area contributed by atoms with E-state index in [1.807, 2.05) is 31.4 Å². The van der Waals surface area contributed by atoms with E-state index in [-0.39, 0.29) is 11.5 Å². The van der Waals surface area contributed by atoms with Gasteiger partial charge in [-0.15, -0.1) is 11.8 Å². The average Bonchev–Trinajstić information content (AvgIpc) is 2.46. The summed E-state index contributed by atoms with van der Waals surface area (Å²) in [6, 6.07) is 12.3. The quantitative estimate of drug-likeness (QED) is 0.564. The number of rotatable bonds is 5. The average molecular weight is 387 g/mol. The zero-order chi connectivity index (χ0) is 15.5. The molecule has 2 rings (SSSR count). The van der Waals surface area contributed by atoms with Gasteiger partial charge in [-0.3, -0.25) is 4.18 Å². The molecule has 0 aromatic heterocycles. The second kappa shape index (κ2) is 6.96. The Morgan fingerprint density at radius 3 is 2.38 bits per heavy atom. The fourth-order valence-electron chi connectivity index (χ4n) is 1.72. The van der Waals surface area contributed by atoms with Crippen molar-refractivity contribution in [3.05, 3.63) is 58.1 Å². The maximum Gasteiger partial charge on any atom is 0.297 e. The summed E-state index contributed by atoms with van der Waals surface area (Å²) in [5.41, 5.74) is 1.81. The lowest BCUT2D eigenvalue weighted by molar-refractivity contribution is 0.308. The highest BCUT2D eigenvalue weighted by Crippen LogP contribution is 2.27. The van der Waals surface area contributed by atoms with Crippen molar-refractivity contribution < 1.29 is 12.6 Å². The summed E-state index contributed by atoms with van der Waals surface area (Å²) in [7, 11) is -3.72. The van der Waals surface area contributed by atoms with Crippen molar-refractivity contribution in [2.24, 2.45) is 0 Å². The number of thioether (sulfide) groups is 1. The predicted molar refractivity (Wildman–Crippen MR) is 89.1 cm³/mol. The molecule has 2 aromatic rings. The highest BCUT2D eigenvalue weighted by Gasteiger charge is 2.15. The summed E-state index contributed by atoms with van der Waals surface area (Å²) in [5, 5.41) is 0. The van der Waals surface area contributed by atoms with Gasteiger partial charge in [0.1, 0.15) is 0 Å². The van der Waals surface area contributed by atoms with Gasteiger partial charge in [-0.25, -0.2) is 0 Å². The fraction of sp³-hybridized carbons (Fsp3) is 0.200. The normalized spacial score (nSPS) is 11.6. The molecule has 0 fully saturated rings. The molecule has 0 radical (unpaired) electrons. The van der Waals surface area contributed by atoms with Gasteiger partial charge < -0.3 is 0 Å². The number of aryl methyl sites for hydroxylation is 1. The Balaban J connectivity index is 2.11. The first-order chi connectivity index (χ1) is 9.92. The van der Waals surface area contributed by atoms with Gasteiger partial charge in [-0.05, 0) is 58.9 Å². The van der Waals surface area contributed by atoms with E-state index < -0.39 is 10.1 Å². The molecule has 0 atom stereocenters. The summed E-state index contributed by atoms with van der Waals surface area (Å²) >= 11 is 5.07. The lowest BCUT2D eigenvalue weighted by Crippen LogP contribution is -2.06. The minimum atomic E-state index is -3.72. The molecule has 21 heavy (non-hydrogen) atoms. The predicted octanol–water partition coefficient (Wildman–Crippen LogP) is 4.38. The monoisotopic (exact) mass is 386 g/mol. The third-order valence-electron chi connectivity index (χ3n) is 2.91. The van der Waals surface area contributed by atoms with Crippen molar-refractivity contribution in [3.63, 3.8) is 0 Å². The largest absolute Gasteiger partial charge is 0.297 e. The van der Waals surface area contributed by atoms with Crippen molar-refractivity contribution in [2.75, 3.05) is 6.26 Å². The second-order valence-electron chi connectivity index (χ2n) is 4.50. The van der Waals surface area contributed by atoms with Crippen LogP contribution in [0.15, 0.2) is 56.7 Å². The van der Waals surface area contributed by atoms with Crippen molar-refractivity contribution in [3.8, 4) is 0 Å². The van der Waals surface area contributed by atoms with Crippen LogP contribution in [0.2, 0.25) is 0 Å². The van der Waals surface area contributed by atoms with Gasteiger partial charge in [0.2, 0.25) is 0 Å². The van der Waals surface area contributed by atoms with Gasteiger partial charge >= 0.3 is 0 Å². The fourth-order valence-corrected chi connectivity index (χ4v) is 3.98. The van der Waals surface area contributed by atoms with Gasteiger partial charge in [0, 0.05) is 9.37 Å². The first-order valence-electron chi connectivity index (χ1n) is 6.21. The Hall–Kier alpha value is -0.820. The van der Waals surface area contributed by atoms with E-state index in [9.17, 15) is 8.42 Å². The minimum absolute atomic E-state index is 0.0173. The van der Waals surface area contributed by atoms with E-state index in [2.05, 4.69) is 15.9 Å². The summed E-state index contributed by atoms with van der Waals surface area (Å²) in [5.74, 6) is 0. The Morgan fingerprint density at radius 2 is 1.81 bits per heavy atom. The van der Waals surface area contributed by atoms with E-state index in [1.165, 1.54) is 0 Å². The van der Waals surface area contributed by atoms with E-state index in [1.54, 1.807) is 36.0 Å². The molecule has 3 nitrogen and oxygen atoms in total. The van der Waals surface area contributed by atoms with Gasteiger partial charge in [0.15, 0.2) is 0 Å². The van der Waals surface area contributed by atoms with E-state index >= 15 is 0 Å². The maximum atomic E-state index is 12.1. The molecule has 0 heterocycles. The van der Waals surface area contributed by atoms with E-state index in [4.69, 9.17) is 4.18 Å². The Labute approximate surface area is 138 Å². The van der Waals surface area contributed by atoms with Crippen LogP contribution in [0.4, 0.5) is 0 Å². The third kappa shape index (κ3) is 4.32. The number of hydrogen-bond donors (Lipinski definition) is 0. The summed E-state index contributed by atoms with van der Waals surface area (Å²) in [6.07, 6.45) is 1.98. The van der Waals surface area contributed by atoms with Crippen molar-refractivity contribution in [2.45, 2.75) is 23.3 Å². The molecule has 0 spiro atoms. The first kappa shape index (κ1) is 16.5. The summed E-state index contributed by atoms with van der Waals surface area (Å²) < 4.78 is 30.2. The van der Waals surface area contributed by atoms with Crippen LogP contribution >= 0.6 is 27.7 Å². The zero-order valence-corrected chi connectivity index (χ0v) is 14.9. The summed E-state index contributed by atoms with van der Waals surface area (Å²) in [6.45, 7) is 1.92. The molecule has 0 aliphatic rings. The van der Waals surface area contributed by atoms with E-state index in [0.717, 1.165) is 20.5 Å². The molecule has 112 valence electrons. The Bertz CT molecular complexity index is 725. The lowest BCUT2D eigenvalue weighted by atomic mass is 10.2. The van der Waals surface area contributed by atoms with Crippen LogP contribution in [0.5, 0.6) is 0 Å². The number of hydrogen-bond acceptors (Lipinski definition) is 4. The van der Waals surface area contributed by atoms with Gasteiger partial charge in [0.25, 0.3) is 10.1 Å². The third-order valence-corrected chi connectivity index (χ3v) is 5.90. The molecule has 0 aliphatic carbocycles. The molecule has 0 unspecified atom stereocenters. The molecule has 0 saturated heterocycles. The second-order valence-corrected chi connectivity index (χ2v) is 7.82. The van der Waals surface area contributed by atoms with Crippen LogP contribution < -0.4 is 0 Å². The maximum absolute atomic E-state index is 12.1. The van der Waals surface area contributed by atoms with Crippen LogP contribution in [-0.2, 0) is 20.9 Å². The highest BCUT2D eigenvalue weighted by atomic mass is 79.9. The van der Waals surface area contributed by atoms with Crippen LogP contribution in [0.3, 0.4) is 0 Å². The van der Waals surface area contributed by atoms with Crippen molar-refractivity contribution in [1.82, 2.24) is 0 Å². The molecule has 0 saturated carbocycles. The molecule has 0 bridgehead atoms. The molecule has 0 amide bonds. The SMILES string of the molecule is CSc1ccc(COS(=O)(=O)c2ccc(C)cc2)cc1Br. The lowest BCUT2D eigenvalue weighted by Gasteiger charge is -2.08. The van der Waals surface area contributed by atoms with Crippen molar-refractivity contribution >= 4 is 37.8 Å². The van der Waals surface area contributed by atoms with Gasteiger partial charge in [-0.2, -0.15) is 8.42 Å². The number of halogens is 1. The topological polar surface area (TPSA) is 43.4 Å². The molecular formula is C15H15BrO3S2. The van der Waals surface area contributed by atoms with Gasteiger partial charge in [0.05, 0.1) is 11.5 Å². The smallest absolute Gasteiger partial charge is 0.262 e.